The van der Waals surface area contributed by atoms with Crippen molar-refractivity contribution in [3.8, 4) is 17.0 Å². The van der Waals surface area contributed by atoms with E-state index in [0.29, 0.717) is 31.0 Å². The van der Waals surface area contributed by atoms with Crippen LogP contribution in [0.4, 0.5) is 0 Å². The standard InChI is InChI=1S/C20H18N4O2/c1-26-18-4-2-3-15(23-18)8-12-24-13-17-19(20(24)25)16(7-11-22-17)14-5-9-21-10-6-14/h2-7,9-11H,8,12-13H2,1H3. The van der Waals surface area contributed by atoms with Crippen molar-refractivity contribution < 1.29 is 9.53 Å². The predicted molar refractivity (Wildman–Crippen MR) is 96.7 cm³/mol. The number of ether oxygens (including phenoxy) is 1. The summed E-state index contributed by atoms with van der Waals surface area (Å²) >= 11 is 0. The van der Waals surface area contributed by atoms with Crippen LogP contribution >= 0.6 is 0 Å². The molecule has 6 heteroatoms. The summed E-state index contributed by atoms with van der Waals surface area (Å²) in [5.41, 5.74) is 4.29. The third-order valence-electron chi connectivity index (χ3n) is 4.49. The average Bonchev–Trinajstić information content (AvgIpc) is 3.03. The van der Waals surface area contributed by atoms with Gasteiger partial charge >= 0.3 is 0 Å². The summed E-state index contributed by atoms with van der Waals surface area (Å²) in [6.07, 6.45) is 5.89. The van der Waals surface area contributed by atoms with E-state index >= 15 is 0 Å². The van der Waals surface area contributed by atoms with Crippen molar-refractivity contribution in [1.29, 1.82) is 0 Å². The van der Waals surface area contributed by atoms with Gasteiger partial charge in [-0.2, -0.15) is 0 Å². The van der Waals surface area contributed by atoms with Crippen molar-refractivity contribution in [3.05, 3.63) is 71.9 Å². The van der Waals surface area contributed by atoms with Crippen LogP contribution in [0.5, 0.6) is 5.88 Å². The lowest BCUT2D eigenvalue weighted by Gasteiger charge is -2.15. The maximum Gasteiger partial charge on any atom is 0.256 e. The first-order valence-electron chi connectivity index (χ1n) is 8.44. The van der Waals surface area contributed by atoms with Gasteiger partial charge in [-0.3, -0.25) is 14.8 Å². The minimum Gasteiger partial charge on any atom is -0.481 e. The lowest BCUT2D eigenvalue weighted by molar-refractivity contribution is 0.0780. The molecule has 0 bridgehead atoms. The first-order chi connectivity index (χ1) is 12.8. The minimum absolute atomic E-state index is 0.0165. The molecule has 1 amide bonds. The Balaban J connectivity index is 1.55. The molecule has 4 heterocycles. The fourth-order valence-corrected chi connectivity index (χ4v) is 3.19. The number of hydrogen-bond acceptors (Lipinski definition) is 5. The molecule has 0 saturated carbocycles. The molecule has 3 aromatic heterocycles. The van der Waals surface area contributed by atoms with Gasteiger partial charge in [0.05, 0.1) is 24.9 Å². The molecule has 130 valence electrons. The van der Waals surface area contributed by atoms with Crippen LogP contribution in [0.15, 0.2) is 55.0 Å². The van der Waals surface area contributed by atoms with Crippen molar-refractivity contribution in [2.75, 3.05) is 13.7 Å². The molecule has 1 aliphatic heterocycles. The molecule has 1 aliphatic rings. The van der Waals surface area contributed by atoms with Crippen LogP contribution in [0.3, 0.4) is 0 Å². The molecule has 0 spiro atoms. The summed E-state index contributed by atoms with van der Waals surface area (Å²) in [5, 5.41) is 0. The number of hydrogen-bond donors (Lipinski definition) is 0. The summed E-state index contributed by atoms with van der Waals surface area (Å²) in [5.74, 6) is 0.600. The number of carbonyl (C=O) groups is 1. The normalized spacial score (nSPS) is 13.0. The topological polar surface area (TPSA) is 68.2 Å². The molecular weight excluding hydrogens is 328 g/mol. The molecule has 0 aromatic carbocycles. The lowest BCUT2D eigenvalue weighted by atomic mass is 10.0. The highest BCUT2D eigenvalue weighted by Gasteiger charge is 2.31. The second-order valence-electron chi connectivity index (χ2n) is 6.06. The van der Waals surface area contributed by atoms with Crippen molar-refractivity contribution in [2.24, 2.45) is 0 Å². The van der Waals surface area contributed by atoms with Gasteiger partial charge in [-0.15, -0.1) is 0 Å². The second-order valence-corrected chi connectivity index (χ2v) is 6.06. The molecule has 0 atom stereocenters. The first kappa shape index (κ1) is 16.2. The van der Waals surface area contributed by atoms with Crippen molar-refractivity contribution in [3.63, 3.8) is 0 Å². The number of pyridine rings is 3. The SMILES string of the molecule is COc1cccc(CCN2Cc3nccc(-c4ccncc4)c3C2=O)n1. The summed E-state index contributed by atoms with van der Waals surface area (Å²) < 4.78 is 5.16. The van der Waals surface area contributed by atoms with E-state index in [1.807, 2.05) is 41.3 Å². The van der Waals surface area contributed by atoms with E-state index in [1.165, 1.54) is 0 Å². The smallest absolute Gasteiger partial charge is 0.256 e. The Morgan fingerprint density at radius 3 is 2.77 bits per heavy atom. The number of fused-ring (bicyclic) bond motifs is 1. The van der Waals surface area contributed by atoms with Gasteiger partial charge in [-0.25, -0.2) is 4.98 Å². The van der Waals surface area contributed by atoms with Crippen LogP contribution in [0, 0.1) is 0 Å². The van der Waals surface area contributed by atoms with E-state index in [0.717, 1.165) is 22.5 Å². The third-order valence-corrected chi connectivity index (χ3v) is 4.49. The molecule has 0 fully saturated rings. The van der Waals surface area contributed by atoms with Gasteiger partial charge in [-0.05, 0) is 35.4 Å². The summed E-state index contributed by atoms with van der Waals surface area (Å²) in [4.78, 5) is 27.7. The zero-order valence-electron chi connectivity index (χ0n) is 14.4. The van der Waals surface area contributed by atoms with Crippen LogP contribution in [0.2, 0.25) is 0 Å². The van der Waals surface area contributed by atoms with Crippen LogP contribution in [0.25, 0.3) is 11.1 Å². The molecular formula is C20H18N4O2. The molecule has 0 aliphatic carbocycles. The molecule has 26 heavy (non-hydrogen) atoms. The fourth-order valence-electron chi connectivity index (χ4n) is 3.19. The maximum atomic E-state index is 13.0. The Hall–Kier alpha value is -3.28. The van der Waals surface area contributed by atoms with Crippen molar-refractivity contribution in [1.82, 2.24) is 19.9 Å². The Kier molecular flexibility index (Phi) is 4.31. The number of methoxy groups -OCH3 is 1. The number of carbonyl (C=O) groups excluding carboxylic acids is 1. The van der Waals surface area contributed by atoms with Crippen molar-refractivity contribution >= 4 is 5.91 Å². The van der Waals surface area contributed by atoms with Crippen LogP contribution in [0.1, 0.15) is 21.7 Å². The Morgan fingerprint density at radius 2 is 1.96 bits per heavy atom. The van der Waals surface area contributed by atoms with Gasteiger partial charge in [-0.1, -0.05) is 6.07 Å². The Bertz CT molecular complexity index is 944. The summed E-state index contributed by atoms with van der Waals surface area (Å²) in [6.45, 7) is 1.11. The van der Waals surface area contributed by atoms with E-state index in [2.05, 4.69) is 15.0 Å². The van der Waals surface area contributed by atoms with Gasteiger partial charge in [0, 0.05) is 43.3 Å². The average molecular weight is 346 g/mol. The molecule has 0 saturated heterocycles. The minimum atomic E-state index is 0.0165. The highest BCUT2D eigenvalue weighted by Crippen LogP contribution is 2.31. The van der Waals surface area contributed by atoms with Crippen molar-refractivity contribution in [2.45, 2.75) is 13.0 Å². The summed E-state index contributed by atoms with van der Waals surface area (Å²) in [6, 6.07) is 11.4. The predicted octanol–water partition coefficient (Wildman–Crippen LogP) is 2.75. The Morgan fingerprint density at radius 1 is 1.12 bits per heavy atom. The van der Waals surface area contributed by atoms with Crippen LogP contribution in [-0.4, -0.2) is 39.4 Å². The van der Waals surface area contributed by atoms with Crippen LogP contribution in [-0.2, 0) is 13.0 Å². The Labute approximate surface area is 151 Å². The van der Waals surface area contributed by atoms with Gasteiger partial charge in [0.2, 0.25) is 5.88 Å². The van der Waals surface area contributed by atoms with Gasteiger partial charge < -0.3 is 9.64 Å². The molecule has 6 nitrogen and oxygen atoms in total. The number of nitrogens with zero attached hydrogens (tertiary/aromatic N) is 4. The zero-order chi connectivity index (χ0) is 17.9. The van der Waals surface area contributed by atoms with Crippen LogP contribution < -0.4 is 4.74 Å². The monoisotopic (exact) mass is 346 g/mol. The highest BCUT2D eigenvalue weighted by atomic mass is 16.5. The lowest BCUT2D eigenvalue weighted by Crippen LogP contribution is -2.26. The van der Waals surface area contributed by atoms with Gasteiger partial charge in [0.25, 0.3) is 5.91 Å². The highest BCUT2D eigenvalue weighted by molar-refractivity contribution is 6.03. The largest absolute Gasteiger partial charge is 0.481 e. The molecule has 3 aromatic rings. The first-order valence-corrected chi connectivity index (χ1v) is 8.44. The van der Waals surface area contributed by atoms with E-state index in [9.17, 15) is 4.79 Å². The van der Waals surface area contributed by atoms with E-state index in [4.69, 9.17) is 4.74 Å². The van der Waals surface area contributed by atoms with Gasteiger partial charge in [0.1, 0.15) is 0 Å². The van der Waals surface area contributed by atoms with Gasteiger partial charge in [0.15, 0.2) is 0 Å². The molecule has 0 N–H and O–H groups in total. The zero-order valence-corrected chi connectivity index (χ0v) is 14.4. The third kappa shape index (κ3) is 3.01. The number of aromatic nitrogens is 3. The number of amides is 1. The molecule has 0 radical (unpaired) electrons. The summed E-state index contributed by atoms with van der Waals surface area (Å²) in [7, 11) is 1.60. The van der Waals surface area contributed by atoms with E-state index < -0.39 is 0 Å². The number of rotatable bonds is 5. The maximum absolute atomic E-state index is 13.0. The fraction of sp³-hybridized carbons (Fsp3) is 0.200. The van der Waals surface area contributed by atoms with E-state index in [-0.39, 0.29) is 5.91 Å². The molecule has 0 unspecified atom stereocenters. The molecule has 4 rings (SSSR count). The van der Waals surface area contributed by atoms with E-state index in [1.54, 1.807) is 25.7 Å². The quantitative estimate of drug-likeness (QED) is 0.710. The second kappa shape index (κ2) is 6.92.